The lowest BCUT2D eigenvalue weighted by Crippen LogP contribution is -2.45. The third kappa shape index (κ3) is 5.12. The number of hydrogen-bond donors (Lipinski definition) is 1. The van der Waals surface area contributed by atoms with Crippen molar-refractivity contribution in [3.05, 3.63) is 36.4 Å². The van der Waals surface area contributed by atoms with Gasteiger partial charge in [0.25, 0.3) is 0 Å². The molecule has 2 saturated carbocycles. The zero-order valence-electron chi connectivity index (χ0n) is 18.1. The Labute approximate surface area is 188 Å². The summed E-state index contributed by atoms with van der Waals surface area (Å²) in [5, 5.41) is 9.66. The maximum atomic E-state index is 13.8. The quantitative estimate of drug-likeness (QED) is 0.509. The normalized spacial score (nSPS) is 22.1. The zero-order valence-corrected chi connectivity index (χ0v) is 18.9. The van der Waals surface area contributed by atoms with E-state index in [1.54, 1.807) is 0 Å². The van der Waals surface area contributed by atoms with Gasteiger partial charge in [0, 0.05) is 16.8 Å². The molecule has 2 aliphatic rings. The third-order valence-corrected chi connectivity index (χ3v) is 7.77. The Bertz CT molecular complexity index is 896. The molecule has 1 amide bonds. The highest BCUT2D eigenvalue weighted by Gasteiger charge is 2.36. The molecule has 2 aliphatic carbocycles. The molecule has 0 bridgehead atoms. The number of thiophene rings is 1. The molecule has 2 aromatic rings. The van der Waals surface area contributed by atoms with Gasteiger partial charge in [0.05, 0.1) is 5.69 Å². The first-order chi connectivity index (χ1) is 15.0. The molecule has 0 radical (unpaired) electrons. The maximum absolute atomic E-state index is 13.8. The predicted molar refractivity (Wildman–Crippen MR) is 124 cm³/mol. The van der Waals surface area contributed by atoms with E-state index in [4.69, 9.17) is 4.74 Å². The topological polar surface area (TPSA) is 66.8 Å². The summed E-state index contributed by atoms with van der Waals surface area (Å²) in [6.45, 7) is 2.25. The number of rotatable bonds is 5. The molecule has 2 fully saturated rings. The van der Waals surface area contributed by atoms with E-state index in [1.807, 2.05) is 41.3 Å². The highest BCUT2D eigenvalue weighted by molar-refractivity contribution is 7.18. The molecular weight excluding hydrogens is 410 g/mol. The molecule has 0 saturated heterocycles. The highest BCUT2D eigenvalue weighted by atomic mass is 32.1. The van der Waals surface area contributed by atoms with E-state index in [9.17, 15) is 14.7 Å². The van der Waals surface area contributed by atoms with Gasteiger partial charge in [0.1, 0.15) is 0 Å². The Kier molecular flexibility index (Phi) is 6.96. The summed E-state index contributed by atoms with van der Waals surface area (Å²) in [5.41, 5.74) is 1.62. The molecule has 0 unspecified atom stereocenters. The van der Waals surface area contributed by atoms with Crippen LogP contribution in [-0.2, 0) is 4.79 Å². The van der Waals surface area contributed by atoms with Gasteiger partial charge in [-0.25, -0.2) is 4.79 Å². The van der Waals surface area contributed by atoms with Crippen molar-refractivity contribution in [1.29, 1.82) is 0 Å². The smallest absolute Gasteiger partial charge is 0.449 e. The first-order valence-electron chi connectivity index (χ1n) is 11.5. The number of nitrogens with zero attached hydrogens (tertiary/aromatic N) is 1. The Balaban J connectivity index is 1.73. The lowest BCUT2D eigenvalue weighted by atomic mass is 9.81. The second-order valence-electron chi connectivity index (χ2n) is 8.97. The molecule has 166 valence electrons. The Morgan fingerprint density at radius 1 is 1.00 bits per heavy atom. The molecule has 4 rings (SSSR count). The Hall–Kier alpha value is -2.34. The zero-order chi connectivity index (χ0) is 21.8. The van der Waals surface area contributed by atoms with Gasteiger partial charge in [-0.2, -0.15) is 0 Å². The number of hydrogen-bond acceptors (Lipinski definition) is 4. The van der Waals surface area contributed by atoms with Crippen molar-refractivity contribution in [2.75, 3.05) is 4.90 Å². The van der Waals surface area contributed by atoms with Gasteiger partial charge in [-0.3, -0.25) is 4.79 Å². The molecule has 0 spiro atoms. The van der Waals surface area contributed by atoms with Crippen LogP contribution in [0, 0.1) is 11.8 Å². The van der Waals surface area contributed by atoms with Gasteiger partial charge < -0.3 is 14.7 Å². The van der Waals surface area contributed by atoms with Crippen molar-refractivity contribution in [2.24, 2.45) is 11.8 Å². The fourth-order valence-electron chi connectivity index (χ4n) is 4.97. The van der Waals surface area contributed by atoms with Crippen LogP contribution in [0.15, 0.2) is 36.4 Å². The van der Waals surface area contributed by atoms with Crippen LogP contribution in [0.4, 0.5) is 10.5 Å². The van der Waals surface area contributed by atoms with E-state index < -0.39 is 6.16 Å². The van der Waals surface area contributed by atoms with Crippen molar-refractivity contribution in [1.82, 2.24) is 0 Å². The number of amides is 1. The molecule has 0 atom stereocenters. The lowest BCUT2D eigenvalue weighted by molar-refractivity contribution is -0.124. The summed E-state index contributed by atoms with van der Waals surface area (Å²) in [6, 6.07) is 11.9. The van der Waals surface area contributed by atoms with Crippen LogP contribution in [0.3, 0.4) is 0 Å². The average molecular weight is 442 g/mol. The van der Waals surface area contributed by atoms with Crippen LogP contribution in [0.2, 0.25) is 0 Å². The minimum Gasteiger partial charge on any atom is -0.449 e. The summed E-state index contributed by atoms with van der Waals surface area (Å²) in [5.74, 6) is 0.825. The number of benzene rings is 1. The summed E-state index contributed by atoms with van der Waals surface area (Å²) >= 11 is 1.30. The number of carboxylic acid groups (broad SMARTS) is 1. The molecule has 1 heterocycles. The number of carbonyl (C=O) groups is 2. The van der Waals surface area contributed by atoms with E-state index in [2.05, 4.69) is 6.92 Å². The average Bonchev–Trinajstić information content (AvgIpc) is 3.18. The number of ether oxygens (including phenoxy) is 1. The summed E-state index contributed by atoms with van der Waals surface area (Å²) in [4.78, 5) is 28.1. The highest BCUT2D eigenvalue weighted by Crippen LogP contribution is 2.46. The van der Waals surface area contributed by atoms with Crippen molar-refractivity contribution >= 4 is 29.1 Å². The molecule has 31 heavy (non-hydrogen) atoms. The van der Waals surface area contributed by atoms with E-state index in [0.29, 0.717) is 16.7 Å². The van der Waals surface area contributed by atoms with Crippen molar-refractivity contribution in [2.45, 2.75) is 70.8 Å². The first kappa shape index (κ1) is 21.9. The largest absolute Gasteiger partial charge is 0.512 e. The number of carbonyl (C=O) groups excluding carboxylic acids is 1. The van der Waals surface area contributed by atoms with Crippen LogP contribution >= 0.6 is 11.3 Å². The molecule has 1 aromatic heterocycles. The van der Waals surface area contributed by atoms with Crippen molar-refractivity contribution in [3.8, 4) is 15.5 Å². The predicted octanol–water partition coefficient (Wildman–Crippen LogP) is 6.96. The van der Waals surface area contributed by atoms with Gasteiger partial charge in [-0.05, 0) is 56.1 Å². The van der Waals surface area contributed by atoms with Crippen LogP contribution in [0.5, 0.6) is 5.06 Å². The first-order valence-corrected chi connectivity index (χ1v) is 12.3. The van der Waals surface area contributed by atoms with E-state index in [1.165, 1.54) is 17.8 Å². The minimum absolute atomic E-state index is 0.0101. The summed E-state index contributed by atoms with van der Waals surface area (Å²) in [6.07, 6.45) is 7.93. The van der Waals surface area contributed by atoms with E-state index >= 15 is 0 Å². The lowest BCUT2D eigenvalue weighted by Gasteiger charge is -2.37. The molecular formula is C25H31NO4S. The fraction of sp³-hybridized carbons (Fsp3) is 0.520. The molecule has 1 aromatic carbocycles. The third-order valence-electron chi connectivity index (χ3n) is 6.72. The second-order valence-corrected chi connectivity index (χ2v) is 9.99. The summed E-state index contributed by atoms with van der Waals surface area (Å²) < 4.78 is 5.22. The van der Waals surface area contributed by atoms with Crippen LogP contribution in [-0.4, -0.2) is 23.2 Å². The van der Waals surface area contributed by atoms with E-state index in [-0.39, 0.29) is 17.9 Å². The van der Waals surface area contributed by atoms with Crippen molar-refractivity contribution < 1.29 is 19.4 Å². The van der Waals surface area contributed by atoms with Gasteiger partial charge >= 0.3 is 6.16 Å². The SMILES string of the molecule is CC1CCC(C(=O)N(c2cc(-c3ccccc3)sc2OC(=O)O)C2CCCCC2)CC1. The fourth-order valence-corrected chi connectivity index (χ4v) is 5.97. The second kappa shape index (κ2) is 9.86. The summed E-state index contributed by atoms with van der Waals surface area (Å²) in [7, 11) is 0. The molecule has 6 heteroatoms. The van der Waals surface area contributed by atoms with Crippen LogP contribution in [0.1, 0.15) is 64.7 Å². The molecule has 0 aliphatic heterocycles. The van der Waals surface area contributed by atoms with Crippen molar-refractivity contribution in [3.63, 3.8) is 0 Å². The van der Waals surface area contributed by atoms with Crippen LogP contribution < -0.4 is 9.64 Å². The maximum Gasteiger partial charge on any atom is 0.512 e. The molecule has 5 nitrogen and oxygen atoms in total. The van der Waals surface area contributed by atoms with Gasteiger partial charge in [-0.15, -0.1) is 0 Å². The Morgan fingerprint density at radius 3 is 2.32 bits per heavy atom. The number of anilines is 1. The Morgan fingerprint density at radius 2 is 1.68 bits per heavy atom. The van der Waals surface area contributed by atoms with E-state index in [0.717, 1.165) is 61.8 Å². The van der Waals surface area contributed by atoms with Gasteiger partial charge in [-0.1, -0.05) is 67.9 Å². The van der Waals surface area contributed by atoms with Gasteiger partial charge in [0.15, 0.2) is 0 Å². The molecule has 1 N–H and O–H groups in total. The van der Waals surface area contributed by atoms with Gasteiger partial charge in [0.2, 0.25) is 11.0 Å². The monoisotopic (exact) mass is 441 g/mol. The minimum atomic E-state index is -1.34. The van der Waals surface area contributed by atoms with Crippen LogP contribution in [0.25, 0.3) is 10.4 Å². The standard InChI is InChI=1S/C25H31NO4S/c1-17-12-14-19(15-13-17)23(27)26(20-10-6-3-7-11-20)21-16-22(18-8-4-2-5-9-18)31-24(21)30-25(28)29/h2,4-5,8-9,16-17,19-20H,3,6-7,10-15H2,1H3,(H,28,29).